The summed E-state index contributed by atoms with van der Waals surface area (Å²) in [5.41, 5.74) is -4.48. The maximum absolute atomic E-state index is 12.6. The van der Waals surface area contributed by atoms with Crippen molar-refractivity contribution in [2.24, 2.45) is 0 Å². The van der Waals surface area contributed by atoms with Crippen LogP contribution in [0, 0.1) is 0 Å². The van der Waals surface area contributed by atoms with Crippen molar-refractivity contribution in [3.63, 3.8) is 0 Å². The van der Waals surface area contributed by atoms with Gasteiger partial charge in [0.1, 0.15) is 6.61 Å². The lowest BCUT2D eigenvalue weighted by atomic mass is 10.1. The summed E-state index contributed by atoms with van der Waals surface area (Å²) < 4.78 is 44.3. The van der Waals surface area contributed by atoms with Crippen LogP contribution in [0.15, 0.2) is 35.4 Å². The molecule has 0 bridgehead atoms. The number of aromatic nitrogens is 2. The number of nitrogens with zero attached hydrogens (tertiary/aromatic N) is 2. The summed E-state index contributed by atoms with van der Waals surface area (Å²) >= 11 is 9.00. The first-order chi connectivity index (χ1) is 10.3. The molecule has 0 spiro atoms. The van der Waals surface area contributed by atoms with E-state index in [1.807, 2.05) is 0 Å². The predicted octanol–water partition coefficient (Wildman–Crippen LogP) is 4.15. The number of rotatable bonds is 5. The molecule has 10 heteroatoms. The normalized spacial score (nSPS) is 11.5. The molecule has 0 N–H and O–H groups in total. The molecule has 0 aliphatic carbocycles. The SMILES string of the molecule is O=C(Cl)c1cccc(SC(F)(F)F)c1COc1ccn(S)n1. The van der Waals surface area contributed by atoms with Crippen molar-refractivity contribution in [1.29, 1.82) is 0 Å². The molecular weight excluding hydrogens is 361 g/mol. The van der Waals surface area contributed by atoms with Crippen LogP contribution in [0.5, 0.6) is 5.88 Å². The highest BCUT2D eigenvalue weighted by molar-refractivity contribution is 8.00. The fourth-order valence-corrected chi connectivity index (χ4v) is 2.66. The zero-order chi connectivity index (χ0) is 16.3. The van der Waals surface area contributed by atoms with Crippen molar-refractivity contribution >= 4 is 41.4 Å². The Hall–Kier alpha value is -1.32. The highest BCUT2D eigenvalue weighted by Gasteiger charge is 2.31. The standard InChI is InChI=1S/C12H8ClF3N2O2S2/c13-11(19)7-2-1-3-9(22-12(14,15)16)8(7)6-20-10-4-5-18(21)17-10/h1-5,21H,6H2. The van der Waals surface area contributed by atoms with E-state index in [1.165, 1.54) is 34.5 Å². The lowest BCUT2D eigenvalue weighted by Gasteiger charge is -2.13. The Labute approximate surface area is 138 Å². The van der Waals surface area contributed by atoms with Crippen LogP contribution < -0.4 is 4.74 Å². The third kappa shape index (κ3) is 4.59. The third-order valence-corrected chi connectivity index (χ3v) is 3.75. The van der Waals surface area contributed by atoms with Crippen LogP contribution >= 0.6 is 36.2 Å². The van der Waals surface area contributed by atoms with Crippen LogP contribution in [0.3, 0.4) is 0 Å². The monoisotopic (exact) mass is 368 g/mol. The van der Waals surface area contributed by atoms with Gasteiger partial charge in [-0.05, 0) is 48.3 Å². The highest BCUT2D eigenvalue weighted by Crippen LogP contribution is 2.39. The molecule has 0 fully saturated rings. The van der Waals surface area contributed by atoms with E-state index in [0.29, 0.717) is 0 Å². The van der Waals surface area contributed by atoms with Crippen molar-refractivity contribution in [2.75, 3.05) is 0 Å². The summed E-state index contributed by atoms with van der Waals surface area (Å²) in [4.78, 5) is 11.2. The zero-order valence-corrected chi connectivity index (χ0v) is 13.1. The first-order valence-corrected chi connectivity index (χ1v) is 7.31. The van der Waals surface area contributed by atoms with Gasteiger partial charge < -0.3 is 4.74 Å². The van der Waals surface area contributed by atoms with E-state index in [1.54, 1.807) is 0 Å². The second-order valence-electron chi connectivity index (χ2n) is 3.97. The number of carbonyl (C=O) groups is 1. The van der Waals surface area contributed by atoms with Gasteiger partial charge >= 0.3 is 5.51 Å². The summed E-state index contributed by atoms with van der Waals surface area (Å²) in [5.74, 6) is 0.162. The molecule has 1 aromatic carbocycles. The highest BCUT2D eigenvalue weighted by atomic mass is 35.5. The Kier molecular flexibility index (Phi) is 5.30. The molecule has 2 aromatic rings. The van der Waals surface area contributed by atoms with E-state index in [2.05, 4.69) is 17.9 Å². The summed E-state index contributed by atoms with van der Waals surface area (Å²) in [5, 5.41) is 2.96. The van der Waals surface area contributed by atoms with Gasteiger partial charge in [0.15, 0.2) is 0 Å². The second-order valence-corrected chi connectivity index (χ2v) is 5.83. The van der Waals surface area contributed by atoms with Crippen molar-refractivity contribution in [3.8, 4) is 5.88 Å². The van der Waals surface area contributed by atoms with Crippen LogP contribution in [0.4, 0.5) is 13.2 Å². The Morgan fingerprint density at radius 3 is 2.68 bits per heavy atom. The lowest BCUT2D eigenvalue weighted by molar-refractivity contribution is -0.0328. The maximum Gasteiger partial charge on any atom is 0.446 e. The summed E-state index contributed by atoms with van der Waals surface area (Å²) in [6, 6.07) is 5.40. The number of hydrogen-bond donors (Lipinski definition) is 1. The van der Waals surface area contributed by atoms with Gasteiger partial charge in [-0.15, -0.1) is 5.10 Å². The van der Waals surface area contributed by atoms with Gasteiger partial charge in [-0.3, -0.25) is 4.79 Å². The molecule has 0 radical (unpaired) electrons. The smallest absolute Gasteiger partial charge is 0.446 e. The van der Waals surface area contributed by atoms with Crippen LogP contribution in [0.25, 0.3) is 0 Å². The minimum absolute atomic E-state index is 0.0405. The summed E-state index contributed by atoms with van der Waals surface area (Å²) in [7, 11) is 0. The summed E-state index contributed by atoms with van der Waals surface area (Å²) in [6.07, 6.45) is 1.49. The van der Waals surface area contributed by atoms with Gasteiger partial charge in [0.25, 0.3) is 5.24 Å². The number of halogens is 4. The molecule has 0 aliphatic heterocycles. The average Bonchev–Trinajstić information content (AvgIpc) is 2.81. The minimum Gasteiger partial charge on any atom is -0.472 e. The number of carbonyl (C=O) groups excluding carboxylic acids is 1. The van der Waals surface area contributed by atoms with Gasteiger partial charge in [-0.2, -0.15) is 13.2 Å². The quantitative estimate of drug-likeness (QED) is 0.489. The van der Waals surface area contributed by atoms with Crippen LogP contribution in [0.2, 0.25) is 0 Å². The summed E-state index contributed by atoms with van der Waals surface area (Å²) in [6.45, 7) is -0.280. The number of benzene rings is 1. The molecule has 0 saturated carbocycles. The molecule has 0 atom stereocenters. The number of hydrogen-bond acceptors (Lipinski definition) is 5. The van der Waals surface area contributed by atoms with E-state index in [9.17, 15) is 18.0 Å². The average molecular weight is 369 g/mol. The van der Waals surface area contributed by atoms with Crippen molar-refractivity contribution in [1.82, 2.24) is 9.19 Å². The molecule has 0 unspecified atom stereocenters. The van der Waals surface area contributed by atoms with Gasteiger partial charge in [0.2, 0.25) is 5.88 Å². The molecule has 2 rings (SSSR count). The van der Waals surface area contributed by atoms with Gasteiger partial charge in [-0.1, -0.05) is 6.07 Å². The zero-order valence-electron chi connectivity index (χ0n) is 10.7. The largest absolute Gasteiger partial charge is 0.472 e. The molecule has 4 nitrogen and oxygen atoms in total. The number of thioether (sulfide) groups is 1. The maximum atomic E-state index is 12.6. The van der Waals surface area contributed by atoms with Gasteiger partial charge in [0.05, 0.1) is 0 Å². The lowest BCUT2D eigenvalue weighted by Crippen LogP contribution is -2.08. The van der Waals surface area contributed by atoms with E-state index in [4.69, 9.17) is 16.3 Å². The van der Waals surface area contributed by atoms with Crippen molar-refractivity contribution in [3.05, 3.63) is 41.6 Å². The Morgan fingerprint density at radius 2 is 2.14 bits per heavy atom. The Balaban J connectivity index is 2.30. The van der Waals surface area contributed by atoms with E-state index in [0.717, 1.165) is 0 Å². The number of ether oxygens (including phenoxy) is 1. The second kappa shape index (κ2) is 6.84. The number of alkyl halides is 3. The van der Waals surface area contributed by atoms with Crippen LogP contribution in [0.1, 0.15) is 15.9 Å². The fraction of sp³-hybridized carbons (Fsp3) is 0.167. The van der Waals surface area contributed by atoms with Crippen molar-refractivity contribution in [2.45, 2.75) is 17.0 Å². The van der Waals surface area contributed by atoms with Gasteiger partial charge in [-0.25, -0.2) is 4.09 Å². The molecule has 0 saturated heterocycles. The van der Waals surface area contributed by atoms with Gasteiger partial charge in [0, 0.05) is 28.3 Å². The Bertz CT molecular complexity index is 691. The molecule has 1 heterocycles. The van der Waals surface area contributed by atoms with Crippen molar-refractivity contribution < 1.29 is 22.7 Å². The molecule has 118 valence electrons. The number of thiol groups is 1. The molecule has 22 heavy (non-hydrogen) atoms. The predicted molar refractivity (Wildman–Crippen MR) is 79.5 cm³/mol. The molecule has 0 amide bonds. The van der Waals surface area contributed by atoms with E-state index < -0.39 is 10.8 Å². The van der Waals surface area contributed by atoms with Crippen LogP contribution in [-0.2, 0) is 6.61 Å². The molecular formula is C12H8ClF3N2O2S2. The minimum atomic E-state index is -4.49. The van der Waals surface area contributed by atoms with E-state index in [-0.39, 0.29) is 40.3 Å². The van der Waals surface area contributed by atoms with E-state index >= 15 is 0 Å². The molecule has 1 aromatic heterocycles. The fourth-order valence-electron chi connectivity index (χ4n) is 1.64. The first-order valence-electron chi connectivity index (χ1n) is 5.71. The Morgan fingerprint density at radius 1 is 1.41 bits per heavy atom. The third-order valence-electron chi connectivity index (χ3n) is 2.49. The molecule has 0 aliphatic rings. The first kappa shape index (κ1) is 17.0. The van der Waals surface area contributed by atoms with Crippen LogP contribution in [-0.4, -0.2) is 19.9 Å². The topological polar surface area (TPSA) is 44.1 Å².